The van der Waals surface area contributed by atoms with E-state index in [0.29, 0.717) is 30.5 Å². The molecule has 0 saturated carbocycles. The Balaban J connectivity index is -0.000000461. The molecule has 0 spiro atoms. The van der Waals surface area contributed by atoms with Gasteiger partial charge in [-0.2, -0.15) is 0 Å². The molecule has 0 bridgehead atoms. The van der Waals surface area contributed by atoms with Gasteiger partial charge >= 0.3 is 11.9 Å². The number of unbranched alkanes of at least 4 members (excludes halogenated alkanes) is 1. The third-order valence-corrected chi connectivity index (χ3v) is 7.27. The fourth-order valence-corrected chi connectivity index (χ4v) is 5.44. The molecule has 1 fully saturated rings. The number of hydrogen-bond acceptors (Lipinski definition) is 9. The molecule has 16 nitrogen and oxygen atoms in total. The Morgan fingerprint density at radius 1 is 1.20 bits per heavy atom. The molecule has 15 N–H and O–H groups in total. The average molecular weight is 612 g/mol. The van der Waals surface area contributed by atoms with Gasteiger partial charge in [0.05, 0.1) is 26.5 Å². The number of aliphatic carboxylic acids is 3. The Labute approximate surface area is 243 Å². The number of carboxylic acid groups (broad SMARTS) is 3. The molecule has 0 radical (unpaired) electrons. The summed E-state index contributed by atoms with van der Waals surface area (Å²) in [5.74, 6) is -1.68. The highest BCUT2D eigenvalue weighted by Gasteiger charge is 2.15. The fourth-order valence-electron chi connectivity index (χ4n) is 2.42. The zero-order chi connectivity index (χ0) is 31.8. The van der Waals surface area contributed by atoms with Gasteiger partial charge in [-0.3, -0.25) is 26.2 Å². The van der Waals surface area contributed by atoms with E-state index in [9.17, 15) is 24.6 Å². The van der Waals surface area contributed by atoms with Crippen LogP contribution in [0.2, 0.25) is 0 Å². The number of hydrogen-bond donors (Lipinski definition) is 8. The lowest BCUT2D eigenvalue weighted by Gasteiger charge is -2.07. The van der Waals surface area contributed by atoms with Crippen molar-refractivity contribution < 1.29 is 45.4 Å². The molecule has 40 heavy (non-hydrogen) atoms. The highest BCUT2D eigenvalue weighted by Crippen LogP contribution is 2.39. The summed E-state index contributed by atoms with van der Waals surface area (Å²) in [6, 6.07) is -1.15. The Morgan fingerprint density at radius 3 is 2.08 bits per heavy atom. The van der Waals surface area contributed by atoms with Crippen LogP contribution in [-0.4, -0.2) is 108 Å². The monoisotopic (exact) mass is 611 g/mol. The summed E-state index contributed by atoms with van der Waals surface area (Å²) in [6.45, 7) is 0.623. The van der Waals surface area contributed by atoms with Crippen LogP contribution in [0, 0.1) is 5.41 Å². The van der Waals surface area contributed by atoms with Gasteiger partial charge in [0.15, 0.2) is 0 Å². The highest BCUT2D eigenvalue weighted by molar-refractivity contribution is 8.77. The zero-order valence-electron chi connectivity index (χ0n) is 23.8. The molecule has 1 aliphatic rings. The summed E-state index contributed by atoms with van der Waals surface area (Å²) in [5.41, 5.74) is 24.2. The molecule has 0 aromatic rings. The maximum atomic E-state index is 10.1. The number of carbonyl (C=O) groups is 3. The van der Waals surface area contributed by atoms with Gasteiger partial charge in [-0.05, 0) is 44.8 Å². The molecule has 1 heterocycles. The quantitative estimate of drug-likeness (QED) is 0.0335. The predicted molar refractivity (Wildman–Crippen MR) is 155 cm³/mol. The van der Waals surface area contributed by atoms with Gasteiger partial charge in [-0.25, -0.2) is 0 Å². The van der Waals surface area contributed by atoms with Crippen molar-refractivity contribution in [1.29, 1.82) is 5.41 Å². The normalized spacial score (nSPS) is 14.0. The number of nitrogens with zero attached hydrogens (tertiary/aromatic N) is 3. The van der Waals surface area contributed by atoms with E-state index < -0.39 is 30.4 Å². The molecule has 1 aliphatic heterocycles. The molecule has 0 aromatic heterocycles. The lowest BCUT2D eigenvalue weighted by molar-refractivity contribution is -0.466. The van der Waals surface area contributed by atoms with Crippen LogP contribution in [0.5, 0.6) is 0 Å². The first-order chi connectivity index (χ1) is 18.4. The average Bonchev–Trinajstić information content (AvgIpc) is 3.29. The first-order valence-corrected chi connectivity index (χ1v) is 14.5. The van der Waals surface area contributed by atoms with Crippen LogP contribution in [0.4, 0.5) is 0 Å². The van der Waals surface area contributed by atoms with Gasteiger partial charge < -0.3 is 52.4 Å². The largest absolute Gasteiger partial charge is 0.550 e. The Bertz CT molecular complexity index is 857. The van der Waals surface area contributed by atoms with E-state index in [0.717, 1.165) is 18.1 Å². The van der Waals surface area contributed by atoms with Crippen molar-refractivity contribution in [2.24, 2.45) is 27.9 Å². The Kier molecular flexibility index (Phi) is 25.8. The van der Waals surface area contributed by atoms with Gasteiger partial charge in [-0.1, -0.05) is 28.0 Å². The number of nitrogens with one attached hydrogen (secondary N) is 1. The van der Waals surface area contributed by atoms with Crippen molar-refractivity contribution in [2.75, 3.05) is 40.5 Å². The first kappa shape index (κ1) is 41.4. The SMILES string of the molecule is CN(C)CC(=N)CC(N)=[NH2+].C[N+](C)=C(N)N=C(N)N.O=C([O-])CCCCC1CCSS1.[NH3+]C(CC(=O)O)C(=O)[O-]. The van der Waals surface area contributed by atoms with Gasteiger partial charge in [0.25, 0.3) is 5.96 Å². The number of aliphatic imine (C=N–C) groups is 1. The Hall–Kier alpha value is -3.09. The van der Waals surface area contributed by atoms with E-state index in [2.05, 4.69) is 10.7 Å². The van der Waals surface area contributed by atoms with Crippen molar-refractivity contribution in [3.63, 3.8) is 0 Å². The number of amidine groups is 1. The van der Waals surface area contributed by atoms with Crippen LogP contribution in [0.25, 0.3) is 0 Å². The molecule has 0 aliphatic carbocycles. The summed E-state index contributed by atoms with van der Waals surface area (Å²) in [5, 5.41) is 41.2. The molecule has 1 rings (SSSR count). The second-order valence-electron chi connectivity index (χ2n) is 8.94. The smallest absolute Gasteiger partial charge is 0.387 e. The molecule has 232 valence electrons. The van der Waals surface area contributed by atoms with E-state index in [1.165, 1.54) is 18.6 Å². The van der Waals surface area contributed by atoms with Crippen LogP contribution in [0.3, 0.4) is 0 Å². The minimum atomic E-state index is -1.43. The van der Waals surface area contributed by atoms with E-state index in [-0.39, 0.29) is 12.4 Å². The molecular formula is C22H47N10O6S2+. The van der Waals surface area contributed by atoms with Gasteiger partial charge in [0.1, 0.15) is 12.5 Å². The topological polar surface area (TPSA) is 317 Å². The number of nitrogens with two attached hydrogens (primary N) is 5. The summed E-state index contributed by atoms with van der Waals surface area (Å²) in [6.07, 6.45) is 4.42. The molecule has 1 saturated heterocycles. The van der Waals surface area contributed by atoms with Crippen LogP contribution in [0.1, 0.15) is 44.9 Å². The maximum Gasteiger partial charge on any atom is 0.387 e. The maximum absolute atomic E-state index is 10.1. The highest BCUT2D eigenvalue weighted by atomic mass is 33.1. The van der Waals surface area contributed by atoms with Gasteiger partial charge in [0, 0.05) is 29.2 Å². The summed E-state index contributed by atoms with van der Waals surface area (Å²) in [7, 11) is 11.2. The minimum absolute atomic E-state index is 0.0267. The molecule has 2 atom stereocenters. The number of carboxylic acids is 3. The van der Waals surface area contributed by atoms with Crippen LogP contribution < -0.4 is 44.3 Å². The second-order valence-corrected chi connectivity index (χ2v) is 11.7. The molecule has 2 unspecified atom stereocenters. The first-order valence-electron chi connectivity index (χ1n) is 12.1. The molecule has 0 aromatic carbocycles. The van der Waals surface area contributed by atoms with E-state index in [1.54, 1.807) is 18.7 Å². The van der Waals surface area contributed by atoms with E-state index >= 15 is 0 Å². The third kappa shape index (κ3) is 32.9. The second kappa shape index (κ2) is 24.9. The summed E-state index contributed by atoms with van der Waals surface area (Å²) in [4.78, 5) is 35.1. The van der Waals surface area contributed by atoms with Crippen molar-refractivity contribution >= 4 is 63.0 Å². The lowest BCUT2D eigenvalue weighted by Crippen LogP contribution is -2.68. The van der Waals surface area contributed by atoms with Crippen LogP contribution in [0.15, 0.2) is 4.99 Å². The third-order valence-electron chi connectivity index (χ3n) is 4.27. The summed E-state index contributed by atoms with van der Waals surface area (Å²) < 4.78 is 1.61. The standard InChI is InChI=1S/C8H14O2S2.C6H14N4.C4H11N5.C4H7NO4/c9-8(10)4-2-1-3-7-5-6-11-12-7;1-10(2)4-5(7)3-6(8)9;1-9(2)4(7)8-3(5)6;5-2(4(8)9)1-3(6)7/h7H,1-6H2,(H,9,10);7H,3-4H2,1-2H3,(H3,8,9);1-2H3,(H5,5,6,7,8);2H,1,5H2,(H,6,7)(H,8,9)/p+1. The van der Waals surface area contributed by atoms with Crippen molar-refractivity contribution in [1.82, 2.24) is 4.90 Å². The lowest BCUT2D eigenvalue weighted by atomic mass is 10.1. The molecule has 18 heteroatoms. The van der Waals surface area contributed by atoms with Gasteiger partial charge in [-0.15, -0.1) is 0 Å². The van der Waals surface area contributed by atoms with E-state index in [1.807, 2.05) is 40.6 Å². The van der Waals surface area contributed by atoms with Crippen LogP contribution in [-0.2, 0) is 14.4 Å². The van der Waals surface area contributed by atoms with Crippen molar-refractivity contribution in [3.8, 4) is 0 Å². The Morgan fingerprint density at radius 2 is 1.77 bits per heavy atom. The zero-order valence-corrected chi connectivity index (χ0v) is 25.4. The number of guanidine groups is 2. The van der Waals surface area contributed by atoms with E-state index in [4.69, 9.17) is 38.9 Å². The predicted octanol–water partition coefficient (Wildman–Crippen LogP) is -5.81. The van der Waals surface area contributed by atoms with Gasteiger partial charge in [0.2, 0.25) is 5.84 Å². The van der Waals surface area contributed by atoms with Crippen molar-refractivity contribution in [2.45, 2.75) is 56.2 Å². The number of carbonyl (C=O) groups excluding carboxylic acids is 2. The molecular weight excluding hydrogens is 564 g/mol. The number of rotatable bonds is 12. The minimum Gasteiger partial charge on any atom is -0.550 e. The number of quaternary nitrogens is 1. The van der Waals surface area contributed by atoms with Crippen LogP contribution >= 0.6 is 21.6 Å². The molecule has 0 amide bonds. The summed E-state index contributed by atoms with van der Waals surface area (Å²) >= 11 is 0. The van der Waals surface area contributed by atoms with Crippen molar-refractivity contribution in [3.05, 3.63) is 0 Å². The fraction of sp³-hybridized carbons (Fsp3) is 0.682.